The largest absolute Gasteiger partial charge is 0.324 e. The Hall–Kier alpha value is -2.21. The van der Waals surface area contributed by atoms with Crippen LogP contribution in [0.4, 0.5) is 5.69 Å². The van der Waals surface area contributed by atoms with Crippen molar-refractivity contribution in [1.29, 1.82) is 0 Å². The molecule has 4 aliphatic rings. The molecule has 3 amide bonds. The molecule has 2 saturated carbocycles. The van der Waals surface area contributed by atoms with E-state index in [1.807, 2.05) is 24.3 Å². The van der Waals surface area contributed by atoms with Crippen molar-refractivity contribution in [2.24, 2.45) is 23.7 Å². The molecule has 2 saturated heterocycles. The molecule has 5 atom stereocenters. The Morgan fingerprint density at radius 3 is 2.33 bits per heavy atom. The summed E-state index contributed by atoms with van der Waals surface area (Å²) in [5.41, 5.74) is 1.85. The molecule has 1 aromatic rings. The molecule has 30 heavy (non-hydrogen) atoms. The Balaban J connectivity index is 1.29. The van der Waals surface area contributed by atoms with Crippen LogP contribution in [0.15, 0.2) is 24.3 Å². The van der Waals surface area contributed by atoms with Gasteiger partial charge in [-0.25, -0.2) is 0 Å². The van der Waals surface area contributed by atoms with Crippen LogP contribution >= 0.6 is 0 Å². The molecular formula is C24H31N3O3. The molecule has 2 aliphatic carbocycles. The van der Waals surface area contributed by atoms with Gasteiger partial charge in [0.25, 0.3) is 0 Å². The fourth-order valence-corrected chi connectivity index (χ4v) is 6.31. The summed E-state index contributed by atoms with van der Waals surface area (Å²) in [5.74, 6) is -0.224. The Kier molecular flexibility index (Phi) is 5.13. The van der Waals surface area contributed by atoms with E-state index in [0.29, 0.717) is 11.8 Å². The molecule has 6 heteroatoms. The van der Waals surface area contributed by atoms with E-state index in [1.165, 1.54) is 24.2 Å². The first-order valence-electron chi connectivity index (χ1n) is 11.5. The number of rotatable bonds is 5. The van der Waals surface area contributed by atoms with Crippen molar-refractivity contribution in [2.75, 3.05) is 18.4 Å². The van der Waals surface area contributed by atoms with Crippen molar-refractivity contribution in [2.45, 2.75) is 58.0 Å². The van der Waals surface area contributed by atoms with E-state index in [-0.39, 0.29) is 29.6 Å². The third-order valence-corrected chi connectivity index (χ3v) is 7.85. The number of nitrogens with one attached hydrogen (secondary N) is 1. The molecular weight excluding hydrogens is 378 g/mol. The average molecular weight is 410 g/mol. The molecule has 1 N–H and O–H groups in total. The van der Waals surface area contributed by atoms with Crippen molar-refractivity contribution in [3.8, 4) is 0 Å². The summed E-state index contributed by atoms with van der Waals surface area (Å²) >= 11 is 0. The van der Waals surface area contributed by atoms with Crippen molar-refractivity contribution in [1.82, 2.24) is 9.80 Å². The standard InChI is InChI=1S/C24H31N3O3/c1-15(27-23(29)20-16-9-10-17(13-16)21(20)24(27)30)22(28)25-19-8-4-3-7-18(19)14-26-11-5-2-6-12-26/h3-4,7-8,15-17,20-21H,2,5-6,9-14H2,1H3,(H,25,28)/t15-,16+,17+,20-,21+/m1/s1. The number of carbonyl (C=O) groups excluding carboxylic acids is 3. The van der Waals surface area contributed by atoms with Gasteiger partial charge in [-0.05, 0) is 75.6 Å². The van der Waals surface area contributed by atoms with E-state index in [2.05, 4.69) is 10.2 Å². The molecule has 1 aromatic carbocycles. The van der Waals surface area contributed by atoms with Crippen LogP contribution < -0.4 is 5.32 Å². The fraction of sp³-hybridized carbons (Fsp3) is 0.625. The van der Waals surface area contributed by atoms with Gasteiger partial charge >= 0.3 is 0 Å². The quantitative estimate of drug-likeness (QED) is 0.759. The number of fused-ring (bicyclic) bond motifs is 5. The Morgan fingerprint density at radius 1 is 1.03 bits per heavy atom. The van der Waals surface area contributed by atoms with Gasteiger partial charge in [-0.3, -0.25) is 24.2 Å². The second kappa shape index (κ2) is 7.80. The predicted molar refractivity (Wildman–Crippen MR) is 113 cm³/mol. The SMILES string of the molecule is C[C@H](C(=O)Nc1ccccc1CN1CCCCC1)N1C(=O)[C@@H]2[C@H]3CC[C@@H](C3)[C@@H]2C1=O. The maximum Gasteiger partial charge on any atom is 0.247 e. The highest BCUT2D eigenvalue weighted by Crippen LogP contribution is 2.56. The molecule has 0 aromatic heterocycles. The third kappa shape index (κ3) is 3.25. The highest BCUT2D eigenvalue weighted by molar-refractivity contribution is 6.10. The number of benzene rings is 1. The van der Waals surface area contributed by atoms with Gasteiger partial charge in [0.1, 0.15) is 6.04 Å². The van der Waals surface area contributed by atoms with E-state index in [4.69, 9.17) is 0 Å². The minimum Gasteiger partial charge on any atom is -0.324 e. The van der Waals surface area contributed by atoms with Crippen LogP contribution in [0.3, 0.4) is 0 Å². The number of carbonyl (C=O) groups is 3. The third-order valence-electron chi connectivity index (χ3n) is 7.85. The molecule has 2 aliphatic heterocycles. The van der Waals surface area contributed by atoms with Crippen LogP contribution in [0.1, 0.15) is 51.0 Å². The van der Waals surface area contributed by atoms with Crippen molar-refractivity contribution < 1.29 is 14.4 Å². The summed E-state index contributed by atoms with van der Waals surface area (Å²) in [6.07, 6.45) is 6.81. The van der Waals surface area contributed by atoms with Crippen LogP contribution in [0.2, 0.25) is 0 Å². The van der Waals surface area contributed by atoms with Crippen molar-refractivity contribution in [3.63, 3.8) is 0 Å². The highest BCUT2D eigenvalue weighted by atomic mass is 16.2. The summed E-state index contributed by atoms with van der Waals surface area (Å²) in [6.45, 7) is 4.66. The number of piperidine rings is 1. The lowest BCUT2D eigenvalue weighted by Crippen LogP contribution is -2.46. The Bertz CT molecular complexity index is 835. The smallest absolute Gasteiger partial charge is 0.247 e. The number of nitrogens with zero attached hydrogens (tertiary/aromatic N) is 2. The monoisotopic (exact) mass is 409 g/mol. The maximum atomic E-state index is 13.1. The molecule has 0 spiro atoms. The number of anilines is 1. The number of likely N-dealkylation sites (tertiary alicyclic amines) is 2. The maximum absolute atomic E-state index is 13.1. The van der Waals surface area contributed by atoms with E-state index >= 15 is 0 Å². The van der Waals surface area contributed by atoms with E-state index in [1.54, 1.807) is 6.92 Å². The second-order valence-corrected chi connectivity index (χ2v) is 9.59. The van der Waals surface area contributed by atoms with Crippen LogP contribution in [-0.4, -0.2) is 46.7 Å². The van der Waals surface area contributed by atoms with Crippen LogP contribution in [0, 0.1) is 23.7 Å². The second-order valence-electron chi connectivity index (χ2n) is 9.59. The van der Waals surface area contributed by atoms with Crippen LogP contribution in [-0.2, 0) is 20.9 Å². The summed E-state index contributed by atoms with van der Waals surface area (Å²) in [5, 5.41) is 3.01. The Morgan fingerprint density at radius 2 is 1.67 bits per heavy atom. The number of amides is 3. The zero-order valence-corrected chi connectivity index (χ0v) is 17.7. The average Bonchev–Trinajstić information content (AvgIpc) is 3.43. The van der Waals surface area contributed by atoms with Crippen molar-refractivity contribution in [3.05, 3.63) is 29.8 Å². The molecule has 4 fully saturated rings. The van der Waals surface area contributed by atoms with Crippen molar-refractivity contribution >= 4 is 23.4 Å². The zero-order valence-electron chi connectivity index (χ0n) is 17.7. The minimum atomic E-state index is -0.780. The van der Waals surface area contributed by atoms with Crippen LogP contribution in [0.5, 0.6) is 0 Å². The van der Waals surface area contributed by atoms with E-state index in [0.717, 1.165) is 50.1 Å². The number of hydrogen-bond acceptors (Lipinski definition) is 4. The zero-order chi connectivity index (χ0) is 20.8. The van der Waals surface area contributed by atoms with Gasteiger partial charge in [0.15, 0.2) is 0 Å². The van der Waals surface area contributed by atoms with E-state index in [9.17, 15) is 14.4 Å². The summed E-state index contributed by atoms with van der Waals surface area (Å²) in [6, 6.07) is 7.07. The van der Waals surface area contributed by atoms with Gasteiger partial charge in [-0.15, -0.1) is 0 Å². The summed E-state index contributed by atoms with van der Waals surface area (Å²) in [7, 11) is 0. The molecule has 2 bridgehead atoms. The molecule has 5 rings (SSSR count). The van der Waals surface area contributed by atoms with Gasteiger partial charge in [0, 0.05) is 12.2 Å². The Labute approximate surface area is 178 Å². The first kappa shape index (κ1) is 19.7. The van der Waals surface area contributed by atoms with Gasteiger partial charge in [0.2, 0.25) is 17.7 Å². The normalized spacial score (nSPS) is 31.8. The van der Waals surface area contributed by atoms with Gasteiger partial charge in [-0.2, -0.15) is 0 Å². The van der Waals surface area contributed by atoms with E-state index < -0.39 is 6.04 Å². The van der Waals surface area contributed by atoms with Crippen LogP contribution in [0.25, 0.3) is 0 Å². The highest BCUT2D eigenvalue weighted by Gasteiger charge is 2.62. The summed E-state index contributed by atoms with van der Waals surface area (Å²) < 4.78 is 0. The number of hydrogen-bond donors (Lipinski definition) is 1. The summed E-state index contributed by atoms with van der Waals surface area (Å²) in [4.78, 5) is 42.8. The molecule has 6 nitrogen and oxygen atoms in total. The molecule has 2 heterocycles. The predicted octanol–water partition coefficient (Wildman–Crippen LogP) is 3.03. The van der Waals surface area contributed by atoms with Gasteiger partial charge < -0.3 is 5.32 Å². The fourth-order valence-electron chi connectivity index (χ4n) is 6.31. The molecule has 0 unspecified atom stereocenters. The molecule has 160 valence electrons. The first-order valence-corrected chi connectivity index (χ1v) is 11.5. The topological polar surface area (TPSA) is 69.7 Å². The van der Waals surface area contributed by atoms with Gasteiger partial charge in [-0.1, -0.05) is 24.6 Å². The van der Waals surface area contributed by atoms with Gasteiger partial charge in [0.05, 0.1) is 11.8 Å². The lowest BCUT2D eigenvalue weighted by atomic mass is 9.81. The number of para-hydroxylation sites is 1. The lowest BCUT2D eigenvalue weighted by Gasteiger charge is -2.28. The molecule has 0 radical (unpaired) electrons. The first-order chi connectivity index (χ1) is 14.5. The minimum absolute atomic E-state index is 0.124. The number of imide groups is 1. The lowest BCUT2D eigenvalue weighted by molar-refractivity contribution is -0.146.